The summed E-state index contributed by atoms with van der Waals surface area (Å²) in [5, 5.41) is 0.594. The molecule has 3 heteroatoms. The molecule has 0 unspecified atom stereocenters. The normalized spacial score (nSPS) is 11.0. The summed E-state index contributed by atoms with van der Waals surface area (Å²) in [6, 6.07) is 0. The van der Waals surface area contributed by atoms with Crippen LogP contribution in [0.1, 0.15) is 37.4 Å². The van der Waals surface area contributed by atoms with Crippen molar-refractivity contribution in [2.24, 2.45) is 5.92 Å². The molecule has 1 heterocycles. The van der Waals surface area contributed by atoms with E-state index in [0.717, 1.165) is 29.9 Å². The molecule has 0 bridgehead atoms. The van der Waals surface area contributed by atoms with Crippen LogP contribution in [0.2, 0.25) is 5.15 Å². The second kappa shape index (κ2) is 4.74. The zero-order valence-electron chi connectivity index (χ0n) is 9.26. The van der Waals surface area contributed by atoms with Crippen LogP contribution in [0.4, 0.5) is 0 Å². The van der Waals surface area contributed by atoms with Gasteiger partial charge >= 0.3 is 0 Å². The molecule has 0 atom stereocenters. The lowest BCUT2D eigenvalue weighted by atomic mass is 10.1. The summed E-state index contributed by atoms with van der Waals surface area (Å²) in [5.41, 5.74) is 1.98. The molecule has 1 aromatic rings. The van der Waals surface area contributed by atoms with Crippen LogP contribution in [-0.2, 0) is 6.42 Å². The SMILES string of the molecule is Cc1nc(CCC(C)C)nc(Cl)c1C. The van der Waals surface area contributed by atoms with Gasteiger partial charge in [-0.3, -0.25) is 0 Å². The van der Waals surface area contributed by atoms with Crippen LogP contribution in [-0.4, -0.2) is 9.97 Å². The Morgan fingerprint density at radius 2 is 1.86 bits per heavy atom. The standard InChI is InChI=1S/C11H17ClN2/c1-7(2)5-6-10-13-9(4)8(3)11(12)14-10/h7H,5-6H2,1-4H3. The number of hydrogen-bond acceptors (Lipinski definition) is 2. The lowest BCUT2D eigenvalue weighted by Crippen LogP contribution is -2.02. The molecule has 0 aliphatic carbocycles. The summed E-state index contributed by atoms with van der Waals surface area (Å²) in [5.74, 6) is 1.55. The largest absolute Gasteiger partial charge is 0.238 e. The first-order valence-corrected chi connectivity index (χ1v) is 5.38. The molecule has 0 aliphatic heterocycles. The van der Waals surface area contributed by atoms with E-state index in [0.29, 0.717) is 11.1 Å². The van der Waals surface area contributed by atoms with Gasteiger partial charge in [0.25, 0.3) is 0 Å². The number of rotatable bonds is 3. The first-order valence-electron chi connectivity index (χ1n) is 5.00. The van der Waals surface area contributed by atoms with Gasteiger partial charge in [-0.15, -0.1) is 0 Å². The van der Waals surface area contributed by atoms with Crippen molar-refractivity contribution in [2.75, 3.05) is 0 Å². The number of nitrogens with zero attached hydrogens (tertiary/aromatic N) is 2. The summed E-state index contributed by atoms with van der Waals surface area (Å²) in [6.45, 7) is 8.32. The van der Waals surface area contributed by atoms with Gasteiger partial charge in [-0.2, -0.15) is 0 Å². The molecule has 0 radical (unpaired) electrons. The molecule has 0 fully saturated rings. The molecular weight excluding hydrogens is 196 g/mol. The maximum absolute atomic E-state index is 5.98. The molecule has 0 saturated heterocycles. The third-order valence-electron chi connectivity index (χ3n) is 2.32. The Bertz CT molecular complexity index is 298. The van der Waals surface area contributed by atoms with Crippen molar-refractivity contribution in [3.05, 3.63) is 22.2 Å². The van der Waals surface area contributed by atoms with Crippen LogP contribution < -0.4 is 0 Å². The summed E-state index contributed by atoms with van der Waals surface area (Å²) in [6.07, 6.45) is 2.03. The number of hydrogen-bond donors (Lipinski definition) is 0. The Labute approximate surface area is 90.7 Å². The quantitative estimate of drug-likeness (QED) is 0.719. The first-order chi connectivity index (χ1) is 6.50. The molecule has 78 valence electrons. The fourth-order valence-corrected chi connectivity index (χ4v) is 1.41. The summed E-state index contributed by atoms with van der Waals surface area (Å²) < 4.78 is 0. The Hall–Kier alpha value is -0.630. The van der Waals surface area contributed by atoms with E-state index in [4.69, 9.17) is 11.6 Å². The van der Waals surface area contributed by atoms with Crippen molar-refractivity contribution in [3.63, 3.8) is 0 Å². The van der Waals surface area contributed by atoms with Gasteiger partial charge in [0.1, 0.15) is 11.0 Å². The van der Waals surface area contributed by atoms with Gasteiger partial charge in [0.15, 0.2) is 0 Å². The van der Waals surface area contributed by atoms with Crippen LogP contribution in [0.3, 0.4) is 0 Å². The van der Waals surface area contributed by atoms with Crippen molar-refractivity contribution in [2.45, 2.75) is 40.5 Å². The highest BCUT2D eigenvalue weighted by Gasteiger charge is 2.06. The first kappa shape index (κ1) is 11.4. The highest BCUT2D eigenvalue weighted by molar-refractivity contribution is 6.30. The van der Waals surface area contributed by atoms with Gasteiger partial charge in [-0.25, -0.2) is 9.97 Å². The maximum Gasteiger partial charge on any atom is 0.135 e. The molecule has 0 aromatic carbocycles. The minimum absolute atomic E-state index is 0.594. The van der Waals surface area contributed by atoms with Gasteiger partial charge in [0.05, 0.1) is 0 Å². The highest BCUT2D eigenvalue weighted by Crippen LogP contribution is 2.16. The maximum atomic E-state index is 5.98. The molecule has 0 saturated carbocycles. The second-order valence-corrected chi connectivity index (χ2v) is 4.43. The topological polar surface area (TPSA) is 25.8 Å². The van der Waals surface area contributed by atoms with Gasteiger partial charge in [0, 0.05) is 17.7 Å². The van der Waals surface area contributed by atoms with E-state index in [1.54, 1.807) is 0 Å². The van der Waals surface area contributed by atoms with Crippen molar-refractivity contribution >= 4 is 11.6 Å². The van der Waals surface area contributed by atoms with Crippen LogP contribution in [0.25, 0.3) is 0 Å². The van der Waals surface area contributed by atoms with Crippen molar-refractivity contribution < 1.29 is 0 Å². The molecule has 14 heavy (non-hydrogen) atoms. The lowest BCUT2D eigenvalue weighted by molar-refractivity contribution is 0.573. The van der Waals surface area contributed by atoms with Crippen molar-refractivity contribution in [3.8, 4) is 0 Å². The number of halogens is 1. The third kappa shape index (κ3) is 2.95. The molecule has 0 spiro atoms. The predicted octanol–water partition coefficient (Wildman–Crippen LogP) is 3.34. The Morgan fingerprint density at radius 3 is 2.36 bits per heavy atom. The van der Waals surface area contributed by atoms with Crippen molar-refractivity contribution in [1.82, 2.24) is 9.97 Å². The zero-order chi connectivity index (χ0) is 10.7. The Kier molecular flexibility index (Phi) is 3.87. The van der Waals surface area contributed by atoms with Crippen LogP contribution >= 0.6 is 11.6 Å². The summed E-state index contributed by atoms with van der Waals surface area (Å²) in [7, 11) is 0. The summed E-state index contributed by atoms with van der Waals surface area (Å²) in [4.78, 5) is 8.67. The van der Waals surface area contributed by atoms with Gasteiger partial charge in [0.2, 0.25) is 0 Å². The van der Waals surface area contributed by atoms with Gasteiger partial charge in [-0.1, -0.05) is 25.4 Å². The predicted molar refractivity (Wildman–Crippen MR) is 59.7 cm³/mol. The molecule has 0 aliphatic rings. The number of aromatic nitrogens is 2. The van der Waals surface area contributed by atoms with E-state index >= 15 is 0 Å². The summed E-state index contributed by atoms with van der Waals surface area (Å²) >= 11 is 5.98. The lowest BCUT2D eigenvalue weighted by Gasteiger charge is -2.07. The van der Waals surface area contributed by atoms with Crippen LogP contribution in [0.5, 0.6) is 0 Å². The van der Waals surface area contributed by atoms with Crippen LogP contribution in [0, 0.1) is 19.8 Å². The van der Waals surface area contributed by atoms with E-state index in [9.17, 15) is 0 Å². The fraction of sp³-hybridized carbons (Fsp3) is 0.636. The Balaban J connectivity index is 2.79. The van der Waals surface area contributed by atoms with E-state index in [1.165, 1.54) is 0 Å². The third-order valence-corrected chi connectivity index (χ3v) is 2.69. The minimum Gasteiger partial charge on any atom is -0.238 e. The number of aryl methyl sites for hydroxylation is 2. The molecule has 1 rings (SSSR count). The van der Waals surface area contributed by atoms with E-state index in [2.05, 4.69) is 23.8 Å². The second-order valence-electron chi connectivity index (χ2n) is 4.07. The van der Waals surface area contributed by atoms with Crippen molar-refractivity contribution in [1.29, 1.82) is 0 Å². The molecule has 1 aromatic heterocycles. The Morgan fingerprint density at radius 1 is 1.21 bits per heavy atom. The zero-order valence-corrected chi connectivity index (χ0v) is 10.0. The van der Waals surface area contributed by atoms with Gasteiger partial charge < -0.3 is 0 Å². The molecular formula is C11H17ClN2. The molecule has 0 amide bonds. The average Bonchev–Trinajstić information content (AvgIpc) is 2.10. The van der Waals surface area contributed by atoms with E-state index < -0.39 is 0 Å². The molecule has 2 nitrogen and oxygen atoms in total. The van der Waals surface area contributed by atoms with Crippen LogP contribution in [0.15, 0.2) is 0 Å². The van der Waals surface area contributed by atoms with Gasteiger partial charge in [-0.05, 0) is 26.2 Å². The van der Waals surface area contributed by atoms with E-state index in [1.807, 2.05) is 13.8 Å². The fourth-order valence-electron chi connectivity index (χ4n) is 1.18. The van der Waals surface area contributed by atoms with E-state index in [-0.39, 0.29) is 0 Å². The smallest absolute Gasteiger partial charge is 0.135 e. The minimum atomic E-state index is 0.594. The average molecular weight is 213 g/mol. The highest BCUT2D eigenvalue weighted by atomic mass is 35.5. The molecule has 0 N–H and O–H groups in total. The monoisotopic (exact) mass is 212 g/mol.